The Hall–Kier alpha value is -0.450. The van der Waals surface area contributed by atoms with Gasteiger partial charge in [-0.1, -0.05) is 0 Å². The summed E-state index contributed by atoms with van der Waals surface area (Å²) in [4.78, 5) is 6.27. The van der Waals surface area contributed by atoms with Crippen LogP contribution in [-0.2, 0) is 0 Å². The normalized spacial score (nSPS) is 30.1. The van der Waals surface area contributed by atoms with E-state index in [1.807, 2.05) is 11.3 Å². The fourth-order valence-electron chi connectivity index (χ4n) is 2.71. The van der Waals surface area contributed by atoms with Crippen LogP contribution in [0.3, 0.4) is 0 Å². The van der Waals surface area contributed by atoms with Crippen molar-refractivity contribution in [3.05, 3.63) is 15.6 Å². The van der Waals surface area contributed by atoms with E-state index in [0.717, 1.165) is 13.1 Å². The Bertz CT molecular complexity index is 362. The van der Waals surface area contributed by atoms with Crippen molar-refractivity contribution in [3.63, 3.8) is 0 Å². The van der Waals surface area contributed by atoms with Gasteiger partial charge in [-0.05, 0) is 45.7 Å². The van der Waals surface area contributed by atoms with E-state index in [4.69, 9.17) is 4.98 Å². The van der Waals surface area contributed by atoms with Crippen LogP contribution in [0.25, 0.3) is 0 Å². The second kappa shape index (κ2) is 4.43. The van der Waals surface area contributed by atoms with Gasteiger partial charge in [-0.15, -0.1) is 11.3 Å². The molecule has 0 aromatic carbocycles. The van der Waals surface area contributed by atoms with Gasteiger partial charge in [0.25, 0.3) is 0 Å². The van der Waals surface area contributed by atoms with Gasteiger partial charge in [-0.3, -0.25) is 0 Å². The average Bonchev–Trinajstić information content (AvgIpc) is 2.97. The van der Waals surface area contributed by atoms with Crippen molar-refractivity contribution >= 4 is 11.3 Å². The number of hydrogen-bond acceptors (Lipinski definition) is 4. The highest BCUT2D eigenvalue weighted by Gasteiger charge is 2.25. The molecule has 3 nitrogen and oxygen atoms in total. The number of aromatic nitrogens is 1. The minimum absolute atomic E-state index is 0.520. The van der Waals surface area contributed by atoms with Crippen molar-refractivity contribution < 1.29 is 0 Å². The highest BCUT2D eigenvalue weighted by molar-refractivity contribution is 7.11. The molecule has 2 saturated heterocycles. The maximum Gasteiger partial charge on any atom is 0.110 e. The van der Waals surface area contributed by atoms with E-state index in [1.165, 1.54) is 41.3 Å². The molecule has 3 rings (SSSR count). The molecular weight excluding hydrogens is 218 g/mol. The van der Waals surface area contributed by atoms with Crippen LogP contribution in [-0.4, -0.2) is 18.1 Å². The minimum Gasteiger partial charge on any atom is -0.309 e. The van der Waals surface area contributed by atoms with Gasteiger partial charge in [0.2, 0.25) is 0 Å². The molecule has 4 heteroatoms. The van der Waals surface area contributed by atoms with Gasteiger partial charge in [0, 0.05) is 4.88 Å². The Morgan fingerprint density at radius 2 is 1.81 bits per heavy atom. The Morgan fingerprint density at radius 1 is 1.12 bits per heavy atom. The summed E-state index contributed by atoms with van der Waals surface area (Å²) in [7, 11) is 0. The first kappa shape index (κ1) is 10.7. The van der Waals surface area contributed by atoms with Gasteiger partial charge in [0.15, 0.2) is 0 Å². The molecule has 88 valence electrons. The van der Waals surface area contributed by atoms with E-state index in [0.29, 0.717) is 12.1 Å². The molecule has 2 atom stereocenters. The number of thiazole rings is 1. The Labute approximate surface area is 101 Å². The monoisotopic (exact) mass is 237 g/mol. The van der Waals surface area contributed by atoms with Crippen molar-refractivity contribution in [1.82, 2.24) is 15.6 Å². The molecule has 16 heavy (non-hydrogen) atoms. The number of hydrogen-bond donors (Lipinski definition) is 2. The molecule has 1 aromatic rings. The third-order valence-electron chi connectivity index (χ3n) is 3.60. The predicted molar refractivity (Wildman–Crippen MR) is 66.8 cm³/mol. The molecule has 2 N–H and O–H groups in total. The maximum atomic E-state index is 4.87. The lowest BCUT2D eigenvalue weighted by atomic mass is 10.1. The van der Waals surface area contributed by atoms with E-state index in [9.17, 15) is 0 Å². The number of nitrogens with zero attached hydrogens (tertiary/aromatic N) is 1. The summed E-state index contributed by atoms with van der Waals surface area (Å²) in [6.45, 7) is 4.52. The predicted octanol–water partition coefficient (Wildman–Crippen LogP) is 2.30. The maximum absolute atomic E-state index is 4.87. The van der Waals surface area contributed by atoms with Gasteiger partial charge in [-0.25, -0.2) is 4.98 Å². The van der Waals surface area contributed by atoms with Crippen molar-refractivity contribution in [2.24, 2.45) is 0 Å². The molecule has 0 bridgehead atoms. The summed E-state index contributed by atoms with van der Waals surface area (Å²) in [6, 6.07) is 1.05. The highest BCUT2D eigenvalue weighted by Crippen LogP contribution is 2.33. The number of nitrogens with one attached hydrogen (secondary N) is 2. The molecule has 0 spiro atoms. The topological polar surface area (TPSA) is 37.0 Å². The summed E-state index contributed by atoms with van der Waals surface area (Å²) in [6.07, 6.45) is 5.09. The molecule has 0 radical (unpaired) electrons. The lowest BCUT2D eigenvalue weighted by Crippen LogP contribution is -2.15. The lowest BCUT2D eigenvalue weighted by Gasteiger charge is -2.08. The summed E-state index contributed by atoms with van der Waals surface area (Å²) < 4.78 is 0. The molecule has 3 heterocycles. The third kappa shape index (κ3) is 1.90. The first-order chi connectivity index (χ1) is 7.84. The smallest absolute Gasteiger partial charge is 0.110 e. The number of rotatable bonds is 2. The second-order valence-corrected chi connectivity index (χ2v) is 6.03. The largest absolute Gasteiger partial charge is 0.309 e. The van der Waals surface area contributed by atoms with Crippen LogP contribution in [0.2, 0.25) is 0 Å². The Kier molecular flexibility index (Phi) is 2.96. The van der Waals surface area contributed by atoms with E-state index < -0.39 is 0 Å². The van der Waals surface area contributed by atoms with E-state index in [2.05, 4.69) is 17.6 Å². The zero-order valence-corrected chi connectivity index (χ0v) is 10.6. The van der Waals surface area contributed by atoms with Gasteiger partial charge < -0.3 is 10.6 Å². The van der Waals surface area contributed by atoms with Crippen LogP contribution >= 0.6 is 11.3 Å². The summed E-state index contributed by atoms with van der Waals surface area (Å²) in [5.41, 5.74) is 1.31. The van der Waals surface area contributed by atoms with Crippen molar-refractivity contribution in [3.8, 4) is 0 Å². The first-order valence-corrected chi connectivity index (χ1v) is 7.10. The van der Waals surface area contributed by atoms with E-state index in [-0.39, 0.29) is 0 Å². The molecule has 0 aliphatic carbocycles. The summed E-state index contributed by atoms with van der Waals surface area (Å²) >= 11 is 1.88. The van der Waals surface area contributed by atoms with E-state index >= 15 is 0 Å². The van der Waals surface area contributed by atoms with Crippen LogP contribution in [0.5, 0.6) is 0 Å². The summed E-state index contributed by atoms with van der Waals surface area (Å²) in [5, 5.41) is 8.38. The third-order valence-corrected chi connectivity index (χ3v) is 4.70. The van der Waals surface area contributed by atoms with Crippen LogP contribution in [0.15, 0.2) is 0 Å². The zero-order chi connectivity index (χ0) is 11.0. The molecule has 2 fully saturated rings. The average molecular weight is 237 g/mol. The molecule has 2 aliphatic heterocycles. The Balaban J connectivity index is 1.83. The summed E-state index contributed by atoms with van der Waals surface area (Å²) in [5.74, 6) is 0. The zero-order valence-electron chi connectivity index (χ0n) is 9.75. The van der Waals surface area contributed by atoms with Gasteiger partial charge in [-0.2, -0.15) is 0 Å². The molecule has 0 saturated carbocycles. The molecule has 2 aliphatic rings. The quantitative estimate of drug-likeness (QED) is 0.828. The molecule has 0 amide bonds. The Morgan fingerprint density at radius 3 is 2.44 bits per heavy atom. The fourth-order valence-corrected chi connectivity index (χ4v) is 3.81. The van der Waals surface area contributed by atoms with E-state index in [1.54, 1.807) is 0 Å². The van der Waals surface area contributed by atoms with Crippen LogP contribution < -0.4 is 10.6 Å². The first-order valence-electron chi connectivity index (χ1n) is 6.28. The SMILES string of the molecule is Cc1sc(C2CCCN2)nc1C1CCCN1. The van der Waals surface area contributed by atoms with Gasteiger partial charge >= 0.3 is 0 Å². The highest BCUT2D eigenvalue weighted by atomic mass is 32.1. The molecule has 1 aromatic heterocycles. The lowest BCUT2D eigenvalue weighted by molar-refractivity contribution is 0.606. The second-order valence-electron chi connectivity index (χ2n) is 4.79. The van der Waals surface area contributed by atoms with Crippen molar-refractivity contribution in [2.45, 2.75) is 44.7 Å². The van der Waals surface area contributed by atoms with Crippen LogP contribution in [0.1, 0.15) is 53.3 Å². The number of aryl methyl sites for hydroxylation is 1. The van der Waals surface area contributed by atoms with Crippen molar-refractivity contribution in [1.29, 1.82) is 0 Å². The van der Waals surface area contributed by atoms with Crippen LogP contribution in [0.4, 0.5) is 0 Å². The molecular formula is C12H19N3S. The van der Waals surface area contributed by atoms with Gasteiger partial charge in [0.1, 0.15) is 5.01 Å². The molecule has 2 unspecified atom stereocenters. The van der Waals surface area contributed by atoms with Crippen LogP contribution in [0, 0.1) is 6.92 Å². The van der Waals surface area contributed by atoms with Gasteiger partial charge in [0.05, 0.1) is 17.8 Å². The van der Waals surface area contributed by atoms with Crippen molar-refractivity contribution in [2.75, 3.05) is 13.1 Å². The standard InChI is InChI=1S/C12H19N3S/c1-8-11(9-4-2-6-13-9)15-12(16-8)10-5-3-7-14-10/h9-10,13-14H,2-7H2,1H3. The fraction of sp³-hybridized carbons (Fsp3) is 0.750. The minimum atomic E-state index is 0.520.